The zero-order valence-corrected chi connectivity index (χ0v) is 11.9. The molecule has 0 aliphatic rings. The Hall–Kier alpha value is -1.90. The van der Waals surface area contributed by atoms with Crippen LogP contribution in [0.5, 0.6) is 0 Å². The number of sulfonamides is 1. The van der Waals surface area contributed by atoms with E-state index in [1.807, 2.05) is 0 Å². The fourth-order valence-corrected chi connectivity index (χ4v) is 2.53. The first kappa shape index (κ1) is 14.5. The average molecular weight is 315 g/mol. The smallest absolute Gasteiger partial charge is 0.240 e. The molecule has 0 saturated carbocycles. The van der Waals surface area contributed by atoms with E-state index < -0.39 is 10.0 Å². The van der Waals surface area contributed by atoms with E-state index >= 15 is 0 Å². The number of nitrogens with zero attached hydrogens (tertiary/aromatic N) is 2. The first-order valence-corrected chi connectivity index (χ1v) is 7.35. The Morgan fingerprint density at radius 1 is 1.45 bits per heavy atom. The van der Waals surface area contributed by atoms with Crippen molar-refractivity contribution in [2.75, 3.05) is 5.32 Å². The number of rotatable bonds is 3. The van der Waals surface area contributed by atoms with Gasteiger partial charge in [0.25, 0.3) is 0 Å². The van der Waals surface area contributed by atoms with Crippen LogP contribution in [0, 0.1) is 0 Å². The predicted octanol–water partition coefficient (Wildman–Crippen LogP) is 1.13. The summed E-state index contributed by atoms with van der Waals surface area (Å²) in [6, 6.07) is 4.29. The van der Waals surface area contributed by atoms with Gasteiger partial charge in [-0.25, -0.2) is 18.2 Å². The molecule has 20 heavy (non-hydrogen) atoms. The number of anilines is 1. The quantitative estimate of drug-likeness (QED) is 0.885. The minimum atomic E-state index is -3.99. The summed E-state index contributed by atoms with van der Waals surface area (Å²) in [6.45, 7) is 1.32. The van der Waals surface area contributed by atoms with Gasteiger partial charge in [-0.05, 0) is 18.2 Å². The minimum Gasteiger partial charge on any atom is -0.326 e. The molecule has 0 unspecified atom stereocenters. The molecule has 106 valence electrons. The third-order valence-electron chi connectivity index (χ3n) is 2.38. The van der Waals surface area contributed by atoms with Gasteiger partial charge in [-0.2, -0.15) is 5.10 Å². The van der Waals surface area contributed by atoms with Crippen molar-refractivity contribution in [1.82, 2.24) is 9.78 Å². The van der Waals surface area contributed by atoms with Gasteiger partial charge in [0.15, 0.2) is 0 Å². The fourth-order valence-electron chi connectivity index (χ4n) is 1.64. The molecule has 0 atom stereocenters. The molecule has 1 aromatic heterocycles. The standard InChI is InChI=1S/C11H11ClN4O3S/c1-7(17)15-9-2-3-10(11(4-9)20(13,18)19)16-6-8(12)5-14-16/h2-6H,1H3,(H,15,17)(H2,13,18,19). The number of carbonyl (C=O) groups is 1. The van der Waals surface area contributed by atoms with Gasteiger partial charge in [-0.3, -0.25) is 4.79 Å². The maximum atomic E-state index is 11.7. The zero-order chi connectivity index (χ0) is 14.9. The first-order valence-electron chi connectivity index (χ1n) is 5.42. The molecule has 1 heterocycles. The van der Waals surface area contributed by atoms with Crippen LogP contribution >= 0.6 is 11.6 Å². The van der Waals surface area contributed by atoms with Crippen LogP contribution in [0.1, 0.15) is 6.92 Å². The first-order chi connectivity index (χ1) is 9.27. The summed E-state index contributed by atoms with van der Waals surface area (Å²) in [5, 5.41) is 12.0. The van der Waals surface area contributed by atoms with Gasteiger partial charge >= 0.3 is 0 Å². The molecule has 1 aromatic carbocycles. The van der Waals surface area contributed by atoms with Crippen molar-refractivity contribution in [1.29, 1.82) is 0 Å². The van der Waals surface area contributed by atoms with Crippen LogP contribution in [-0.2, 0) is 14.8 Å². The number of hydrogen-bond acceptors (Lipinski definition) is 4. The van der Waals surface area contributed by atoms with Gasteiger partial charge in [-0.15, -0.1) is 0 Å². The Morgan fingerprint density at radius 2 is 2.15 bits per heavy atom. The second-order valence-electron chi connectivity index (χ2n) is 4.01. The summed E-state index contributed by atoms with van der Waals surface area (Å²) < 4.78 is 24.6. The molecule has 0 fully saturated rings. The monoisotopic (exact) mass is 314 g/mol. The zero-order valence-electron chi connectivity index (χ0n) is 10.4. The van der Waals surface area contributed by atoms with Crippen molar-refractivity contribution < 1.29 is 13.2 Å². The van der Waals surface area contributed by atoms with Gasteiger partial charge in [-0.1, -0.05) is 11.6 Å². The maximum absolute atomic E-state index is 11.7. The SMILES string of the molecule is CC(=O)Nc1ccc(-n2cc(Cl)cn2)c(S(N)(=O)=O)c1. The van der Waals surface area contributed by atoms with Crippen LogP contribution in [-0.4, -0.2) is 24.1 Å². The number of halogens is 1. The molecule has 2 aromatic rings. The highest BCUT2D eigenvalue weighted by molar-refractivity contribution is 7.89. The molecule has 0 spiro atoms. The van der Waals surface area contributed by atoms with Crippen molar-refractivity contribution in [3.05, 3.63) is 35.6 Å². The number of nitrogens with two attached hydrogens (primary N) is 1. The molecule has 1 amide bonds. The molecule has 2 rings (SSSR count). The number of amides is 1. The second-order valence-corrected chi connectivity index (χ2v) is 5.98. The second kappa shape index (κ2) is 5.23. The Bertz CT molecular complexity index is 770. The van der Waals surface area contributed by atoms with Crippen molar-refractivity contribution in [3.8, 4) is 5.69 Å². The van der Waals surface area contributed by atoms with Crippen LogP contribution in [0.3, 0.4) is 0 Å². The van der Waals surface area contributed by atoms with Gasteiger partial charge < -0.3 is 5.32 Å². The predicted molar refractivity (Wildman–Crippen MR) is 74.3 cm³/mol. The Morgan fingerprint density at radius 3 is 2.65 bits per heavy atom. The van der Waals surface area contributed by atoms with E-state index in [2.05, 4.69) is 10.4 Å². The van der Waals surface area contributed by atoms with Crippen LogP contribution in [0.4, 0.5) is 5.69 Å². The van der Waals surface area contributed by atoms with Crippen molar-refractivity contribution in [3.63, 3.8) is 0 Å². The lowest BCUT2D eigenvalue weighted by atomic mass is 10.2. The third-order valence-corrected chi connectivity index (χ3v) is 3.52. The summed E-state index contributed by atoms with van der Waals surface area (Å²) in [5.41, 5.74) is 0.567. The molecule has 3 N–H and O–H groups in total. The Balaban J connectivity index is 2.60. The third kappa shape index (κ3) is 3.16. The highest BCUT2D eigenvalue weighted by Crippen LogP contribution is 2.23. The van der Waals surface area contributed by atoms with Crippen LogP contribution < -0.4 is 10.5 Å². The van der Waals surface area contributed by atoms with Crippen LogP contribution in [0.15, 0.2) is 35.5 Å². The summed E-state index contributed by atoms with van der Waals surface area (Å²) in [6.07, 6.45) is 2.82. The van der Waals surface area contributed by atoms with E-state index in [0.29, 0.717) is 10.7 Å². The van der Waals surface area contributed by atoms with Gasteiger partial charge in [0.1, 0.15) is 4.90 Å². The lowest BCUT2D eigenvalue weighted by Crippen LogP contribution is -2.16. The van der Waals surface area contributed by atoms with Crippen molar-refractivity contribution in [2.45, 2.75) is 11.8 Å². The van der Waals surface area contributed by atoms with Gasteiger partial charge in [0, 0.05) is 18.8 Å². The van der Waals surface area contributed by atoms with E-state index in [4.69, 9.17) is 16.7 Å². The number of aromatic nitrogens is 2. The van der Waals surface area contributed by atoms with E-state index in [9.17, 15) is 13.2 Å². The van der Waals surface area contributed by atoms with Gasteiger partial charge in [0.05, 0.1) is 16.9 Å². The lowest BCUT2D eigenvalue weighted by molar-refractivity contribution is -0.114. The average Bonchev–Trinajstić information content (AvgIpc) is 2.74. The summed E-state index contributed by atoms with van der Waals surface area (Å²) in [7, 11) is -3.99. The molecule has 0 aliphatic carbocycles. The van der Waals surface area contributed by atoms with Crippen LogP contribution in [0.2, 0.25) is 5.02 Å². The molecule has 0 radical (unpaired) electrons. The summed E-state index contributed by atoms with van der Waals surface area (Å²) in [5.74, 6) is -0.319. The Kier molecular flexibility index (Phi) is 3.80. The van der Waals surface area contributed by atoms with E-state index in [-0.39, 0.29) is 16.5 Å². The van der Waals surface area contributed by atoms with Crippen molar-refractivity contribution in [2.24, 2.45) is 5.14 Å². The normalized spacial score (nSPS) is 11.3. The maximum Gasteiger partial charge on any atom is 0.240 e. The summed E-state index contributed by atoms with van der Waals surface area (Å²) in [4.78, 5) is 10.8. The number of nitrogens with one attached hydrogen (secondary N) is 1. The molecular formula is C11H11ClN4O3S. The van der Waals surface area contributed by atoms with E-state index in [0.717, 1.165) is 0 Å². The number of hydrogen-bond donors (Lipinski definition) is 2. The highest BCUT2D eigenvalue weighted by Gasteiger charge is 2.17. The topological polar surface area (TPSA) is 107 Å². The molecule has 9 heteroatoms. The number of benzene rings is 1. The molecule has 0 bridgehead atoms. The van der Waals surface area contributed by atoms with Crippen LogP contribution in [0.25, 0.3) is 5.69 Å². The largest absolute Gasteiger partial charge is 0.326 e. The van der Waals surface area contributed by atoms with Crippen molar-refractivity contribution >= 4 is 33.2 Å². The van der Waals surface area contributed by atoms with E-state index in [1.54, 1.807) is 6.07 Å². The lowest BCUT2D eigenvalue weighted by Gasteiger charge is -2.10. The summed E-state index contributed by atoms with van der Waals surface area (Å²) >= 11 is 5.76. The Labute approximate surface area is 120 Å². The highest BCUT2D eigenvalue weighted by atomic mass is 35.5. The fraction of sp³-hybridized carbons (Fsp3) is 0.0909. The molecule has 0 saturated heterocycles. The number of primary sulfonamides is 1. The van der Waals surface area contributed by atoms with E-state index in [1.165, 1.54) is 36.1 Å². The minimum absolute atomic E-state index is 0.163. The van der Waals surface area contributed by atoms with Gasteiger partial charge in [0.2, 0.25) is 15.9 Å². The molecule has 0 aliphatic heterocycles. The molecular weight excluding hydrogens is 304 g/mol. The molecule has 7 nitrogen and oxygen atoms in total. The number of carbonyl (C=O) groups excluding carboxylic acids is 1.